The summed E-state index contributed by atoms with van der Waals surface area (Å²) in [6.07, 6.45) is -0.0333. The Balaban J connectivity index is 2.35. The molecule has 0 radical (unpaired) electrons. The van der Waals surface area contributed by atoms with Crippen molar-refractivity contribution in [3.05, 3.63) is 59.5 Å². The molecule has 2 atom stereocenters. The summed E-state index contributed by atoms with van der Waals surface area (Å²) in [7, 11) is 0. The summed E-state index contributed by atoms with van der Waals surface area (Å²) >= 11 is 0. The topological polar surface area (TPSA) is 53.6 Å². The molecule has 2 aromatic rings. The second kappa shape index (κ2) is 5.19. The minimum Gasteiger partial charge on any atom is -0.466 e. The van der Waals surface area contributed by atoms with Gasteiger partial charge in [-0.1, -0.05) is 51.1 Å². The fraction of sp³-hybridized carbons (Fsp3) is 0.375. The van der Waals surface area contributed by atoms with Gasteiger partial charge in [0.05, 0.1) is 6.26 Å². The van der Waals surface area contributed by atoms with E-state index in [4.69, 9.17) is 4.42 Å². The van der Waals surface area contributed by atoms with Gasteiger partial charge >= 0.3 is 0 Å². The van der Waals surface area contributed by atoms with Crippen LogP contribution in [0.2, 0.25) is 0 Å². The predicted octanol–water partition coefficient (Wildman–Crippen LogP) is 3.44. The summed E-state index contributed by atoms with van der Waals surface area (Å²) in [6, 6.07) is 11.1. The fourth-order valence-corrected chi connectivity index (χ4v) is 1.99. The molecule has 3 heteroatoms. The molecule has 0 saturated heterocycles. The number of hydrogen-bond donors (Lipinski definition) is 2. The summed E-state index contributed by atoms with van der Waals surface area (Å²) in [4.78, 5) is 0. The normalized spacial score (nSPS) is 15.2. The van der Waals surface area contributed by atoms with Crippen molar-refractivity contribution in [3.63, 3.8) is 0 Å². The van der Waals surface area contributed by atoms with Gasteiger partial charge in [-0.15, -0.1) is 0 Å². The van der Waals surface area contributed by atoms with E-state index >= 15 is 0 Å². The van der Waals surface area contributed by atoms with Crippen molar-refractivity contribution in [3.8, 4) is 0 Å². The molecule has 0 spiro atoms. The van der Waals surface area contributed by atoms with E-state index in [1.807, 2.05) is 51.1 Å². The molecule has 19 heavy (non-hydrogen) atoms. The third-order valence-electron chi connectivity index (χ3n) is 3.21. The number of furan rings is 1. The number of hydrogen-bond acceptors (Lipinski definition) is 3. The van der Waals surface area contributed by atoms with Gasteiger partial charge < -0.3 is 14.6 Å². The molecule has 1 heterocycles. The van der Waals surface area contributed by atoms with Gasteiger partial charge in [-0.3, -0.25) is 0 Å². The van der Waals surface area contributed by atoms with Crippen molar-refractivity contribution in [1.82, 2.24) is 0 Å². The summed E-state index contributed by atoms with van der Waals surface area (Å²) in [5.41, 5.74) is 1.06. The van der Waals surface area contributed by atoms with Crippen LogP contribution in [0.1, 0.15) is 49.9 Å². The lowest BCUT2D eigenvalue weighted by atomic mass is 9.85. The first-order valence-electron chi connectivity index (χ1n) is 6.39. The van der Waals surface area contributed by atoms with Crippen molar-refractivity contribution in [2.45, 2.75) is 33.0 Å². The fourth-order valence-electron chi connectivity index (χ4n) is 1.99. The van der Waals surface area contributed by atoms with Gasteiger partial charge in [0.1, 0.15) is 18.0 Å². The smallest absolute Gasteiger partial charge is 0.138 e. The zero-order valence-corrected chi connectivity index (χ0v) is 11.5. The van der Waals surface area contributed by atoms with Crippen molar-refractivity contribution in [2.75, 3.05) is 0 Å². The molecule has 2 rings (SSSR count). The molecule has 1 aromatic heterocycles. The third kappa shape index (κ3) is 2.88. The van der Waals surface area contributed by atoms with Crippen LogP contribution >= 0.6 is 0 Å². The maximum Gasteiger partial charge on any atom is 0.138 e. The molecule has 0 bridgehead atoms. The van der Waals surface area contributed by atoms with E-state index in [-0.39, 0.29) is 5.41 Å². The highest BCUT2D eigenvalue weighted by atomic mass is 16.4. The highest BCUT2D eigenvalue weighted by Crippen LogP contribution is 2.38. The third-order valence-corrected chi connectivity index (χ3v) is 3.21. The van der Waals surface area contributed by atoms with Gasteiger partial charge in [0.15, 0.2) is 0 Å². The maximum atomic E-state index is 10.4. The first-order valence-corrected chi connectivity index (χ1v) is 6.39. The van der Waals surface area contributed by atoms with E-state index in [0.717, 1.165) is 5.56 Å². The maximum absolute atomic E-state index is 10.4. The second-order valence-corrected chi connectivity index (χ2v) is 5.82. The molecule has 0 aliphatic heterocycles. The Bertz CT molecular complexity index is 522. The second-order valence-electron chi connectivity index (χ2n) is 5.82. The minimum atomic E-state index is -0.785. The molecule has 102 valence electrons. The first-order chi connectivity index (χ1) is 8.91. The number of rotatable bonds is 3. The van der Waals surface area contributed by atoms with Crippen molar-refractivity contribution < 1.29 is 14.6 Å². The lowest BCUT2D eigenvalue weighted by Crippen LogP contribution is -2.19. The Morgan fingerprint density at radius 1 is 1.00 bits per heavy atom. The predicted molar refractivity (Wildman–Crippen MR) is 73.6 cm³/mol. The van der Waals surface area contributed by atoms with E-state index in [1.54, 1.807) is 6.07 Å². The number of aliphatic hydroxyl groups excluding tert-OH is 2. The molecule has 2 N–H and O–H groups in total. The highest BCUT2D eigenvalue weighted by Gasteiger charge is 2.30. The quantitative estimate of drug-likeness (QED) is 0.888. The Morgan fingerprint density at radius 3 is 2.21 bits per heavy atom. The molecule has 3 nitrogen and oxygen atoms in total. The molecule has 0 aliphatic rings. The molecule has 0 aliphatic carbocycles. The van der Waals surface area contributed by atoms with Crippen LogP contribution in [0.4, 0.5) is 0 Å². The van der Waals surface area contributed by atoms with E-state index in [2.05, 4.69) is 0 Å². The molecular weight excluding hydrogens is 240 g/mol. The Labute approximate surface area is 113 Å². The highest BCUT2D eigenvalue weighted by molar-refractivity contribution is 5.32. The Hall–Kier alpha value is -1.58. The van der Waals surface area contributed by atoms with Crippen LogP contribution < -0.4 is 0 Å². The zero-order valence-electron chi connectivity index (χ0n) is 11.5. The monoisotopic (exact) mass is 260 g/mol. The van der Waals surface area contributed by atoms with Crippen LogP contribution in [0.15, 0.2) is 47.1 Å². The molecule has 0 saturated carbocycles. The molecule has 1 aromatic carbocycles. The van der Waals surface area contributed by atoms with Gasteiger partial charge in [0.25, 0.3) is 0 Å². The van der Waals surface area contributed by atoms with Crippen LogP contribution in [-0.2, 0) is 0 Å². The van der Waals surface area contributed by atoms with Gasteiger partial charge in [0, 0.05) is 5.56 Å². The van der Waals surface area contributed by atoms with Gasteiger partial charge in [0.2, 0.25) is 0 Å². The largest absolute Gasteiger partial charge is 0.466 e. The summed E-state index contributed by atoms with van der Waals surface area (Å²) < 4.78 is 5.39. The van der Waals surface area contributed by atoms with Gasteiger partial charge in [-0.05, 0) is 17.0 Å². The van der Waals surface area contributed by atoms with E-state index in [0.29, 0.717) is 11.3 Å². The van der Waals surface area contributed by atoms with Crippen LogP contribution in [0.3, 0.4) is 0 Å². The SMILES string of the molecule is CC(C)(C)C(O)c1occc1C(O)c1ccccc1. The minimum absolute atomic E-state index is 0.344. The van der Waals surface area contributed by atoms with E-state index in [1.165, 1.54) is 6.26 Å². The van der Waals surface area contributed by atoms with Crippen LogP contribution in [0, 0.1) is 5.41 Å². The lowest BCUT2D eigenvalue weighted by molar-refractivity contribution is 0.0402. The molecule has 0 amide bonds. The molecule has 0 fully saturated rings. The zero-order chi connectivity index (χ0) is 14.0. The Kier molecular flexibility index (Phi) is 3.78. The molecular formula is C16H20O3. The first kappa shape index (κ1) is 13.8. The standard InChI is InChI=1S/C16H20O3/c1-16(2,3)15(18)14-12(9-10-19-14)13(17)11-7-5-4-6-8-11/h4-10,13,15,17-18H,1-3H3. The van der Waals surface area contributed by atoms with Crippen LogP contribution in [-0.4, -0.2) is 10.2 Å². The molecule has 2 unspecified atom stereocenters. The van der Waals surface area contributed by atoms with Gasteiger partial charge in [-0.2, -0.15) is 0 Å². The van der Waals surface area contributed by atoms with Crippen molar-refractivity contribution in [1.29, 1.82) is 0 Å². The summed E-state index contributed by atoms with van der Waals surface area (Å²) in [6.45, 7) is 5.79. The van der Waals surface area contributed by atoms with Crippen LogP contribution in [0.25, 0.3) is 0 Å². The van der Waals surface area contributed by atoms with E-state index < -0.39 is 12.2 Å². The number of benzene rings is 1. The van der Waals surface area contributed by atoms with Gasteiger partial charge in [-0.25, -0.2) is 0 Å². The van der Waals surface area contributed by atoms with Crippen molar-refractivity contribution >= 4 is 0 Å². The number of aliphatic hydroxyl groups is 2. The van der Waals surface area contributed by atoms with Crippen molar-refractivity contribution in [2.24, 2.45) is 5.41 Å². The lowest BCUT2D eigenvalue weighted by Gasteiger charge is -2.25. The summed E-state index contributed by atoms with van der Waals surface area (Å²) in [5, 5.41) is 20.7. The average molecular weight is 260 g/mol. The summed E-state index contributed by atoms with van der Waals surface area (Å²) in [5.74, 6) is 0.434. The van der Waals surface area contributed by atoms with E-state index in [9.17, 15) is 10.2 Å². The van der Waals surface area contributed by atoms with Crippen LogP contribution in [0.5, 0.6) is 0 Å². The Morgan fingerprint density at radius 2 is 1.63 bits per heavy atom. The average Bonchev–Trinajstić information content (AvgIpc) is 2.85.